The molecule has 3 aromatic carbocycles. The number of hydrogen-bond donors (Lipinski definition) is 2. The van der Waals surface area contributed by atoms with Crippen molar-refractivity contribution < 1.29 is 14.6 Å². The van der Waals surface area contributed by atoms with E-state index in [-0.39, 0.29) is 5.69 Å². The lowest BCUT2D eigenvalue weighted by Gasteiger charge is -2.13. The van der Waals surface area contributed by atoms with Gasteiger partial charge in [-0.1, -0.05) is 37.6 Å². The quantitative estimate of drug-likeness (QED) is 0.238. The zero-order chi connectivity index (χ0) is 24.4. The van der Waals surface area contributed by atoms with E-state index in [1.165, 1.54) is 0 Å². The molecule has 5 rings (SSSR count). The molecule has 0 fully saturated rings. The third-order valence-electron chi connectivity index (χ3n) is 6.19. The van der Waals surface area contributed by atoms with E-state index in [4.69, 9.17) is 4.74 Å². The van der Waals surface area contributed by atoms with Crippen molar-refractivity contribution in [1.82, 2.24) is 13.3 Å². The first-order valence-electron chi connectivity index (χ1n) is 11.6. The molecule has 0 aliphatic heterocycles. The van der Waals surface area contributed by atoms with Crippen LogP contribution in [0.3, 0.4) is 0 Å². The summed E-state index contributed by atoms with van der Waals surface area (Å²) in [6.45, 7) is 3.39. The fourth-order valence-corrected chi connectivity index (χ4v) is 5.01. The summed E-state index contributed by atoms with van der Waals surface area (Å²) in [5.74, 6) is -0.261. The Kier molecular flexibility index (Phi) is 6.37. The summed E-state index contributed by atoms with van der Waals surface area (Å²) in [5, 5.41) is 14.8. The molecule has 5 aromatic rings. The van der Waals surface area contributed by atoms with Gasteiger partial charge in [-0.25, -0.2) is 4.79 Å². The first-order valence-corrected chi connectivity index (χ1v) is 12.3. The van der Waals surface area contributed by atoms with Gasteiger partial charge < -0.3 is 19.7 Å². The molecule has 178 valence electrons. The van der Waals surface area contributed by atoms with Crippen molar-refractivity contribution >= 4 is 45.3 Å². The van der Waals surface area contributed by atoms with Crippen molar-refractivity contribution in [1.29, 1.82) is 0 Å². The fraction of sp³-hybridized carbons (Fsp3) is 0.222. The smallest absolute Gasteiger partial charge is 0.353 e. The summed E-state index contributed by atoms with van der Waals surface area (Å²) in [7, 11) is 1.63. The summed E-state index contributed by atoms with van der Waals surface area (Å²) in [6.07, 6.45) is 2.16. The summed E-state index contributed by atoms with van der Waals surface area (Å²) in [6, 6.07) is 19.5. The normalized spacial score (nSPS) is 11.3. The number of para-hydroxylation sites is 1. The number of anilines is 1. The number of carboxylic acids is 1. The minimum atomic E-state index is -0.983. The highest BCUT2D eigenvalue weighted by Gasteiger charge is 2.25. The number of methoxy groups -OCH3 is 1. The molecule has 0 bridgehead atoms. The van der Waals surface area contributed by atoms with Crippen LogP contribution in [0.4, 0.5) is 5.69 Å². The van der Waals surface area contributed by atoms with Gasteiger partial charge in [-0.05, 0) is 48.4 Å². The Balaban J connectivity index is 1.75. The second kappa shape index (κ2) is 9.76. The van der Waals surface area contributed by atoms with E-state index >= 15 is 0 Å². The van der Waals surface area contributed by atoms with E-state index in [1.54, 1.807) is 7.11 Å². The molecule has 2 N–H and O–H groups in total. The van der Waals surface area contributed by atoms with Gasteiger partial charge in [0.15, 0.2) is 0 Å². The standard InChI is InChI=1S/C27H26N4O3S/c1-3-4-13-28-19-10-12-23-20(15-19)25(17-9-11-21-22(14-17)30-35-29-21)26(27(32)33)31(23)16-18-7-5-6-8-24(18)34-2/h5-12,14-15,28H,3-4,13,16H2,1-2H3,(H,32,33). The Morgan fingerprint density at radius 2 is 1.91 bits per heavy atom. The highest BCUT2D eigenvalue weighted by molar-refractivity contribution is 7.00. The van der Waals surface area contributed by atoms with Crippen LogP contribution in [0.2, 0.25) is 0 Å². The molecule has 0 spiro atoms. The first kappa shape index (κ1) is 22.9. The highest BCUT2D eigenvalue weighted by atomic mass is 32.1. The van der Waals surface area contributed by atoms with Gasteiger partial charge in [0.2, 0.25) is 0 Å². The van der Waals surface area contributed by atoms with Crippen LogP contribution in [0, 0.1) is 0 Å². The second-order valence-electron chi connectivity index (χ2n) is 8.41. The van der Waals surface area contributed by atoms with Gasteiger partial charge in [-0.15, -0.1) is 0 Å². The molecule has 2 aromatic heterocycles. The minimum Gasteiger partial charge on any atom is -0.496 e. The first-order chi connectivity index (χ1) is 17.1. The van der Waals surface area contributed by atoms with Crippen molar-refractivity contribution in [3.8, 4) is 16.9 Å². The minimum absolute atomic E-state index is 0.235. The van der Waals surface area contributed by atoms with Crippen LogP contribution < -0.4 is 10.1 Å². The molecule has 0 amide bonds. The van der Waals surface area contributed by atoms with Crippen molar-refractivity contribution in [2.75, 3.05) is 19.0 Å². The molecule has 35 heavy (non-hydrogen) atoms. The maximum Gasteiger partial charge on any atom is 0.353 e. The molecule has 0 aliphatic carbocycles. The zero-order valence-electron chi connectivity index (χ0n) is 19.6. The lowest BCUT2D eigenvalue weighted by molar-refractivity contribution is 0.0687. The largest absolute Gasteiger partial charge is 0.496 e. The third kappa shape index (κ3) is 4.33. The van der Waals surface area contributed by atoms with Crippen LogP contribution in [0.5, 0.6) is 5.75 Å². The van der Waals surface area contributed by atoms with E-state index in [0.717, 1.165) is 75.6 Å². The Hall–Kier alpha value is -3.91. The summed E-state index contributed by atoms with van der Waals surface area (Å²) < 4.78 is 16.1. The van der Waals surface area contributed by atoms with E-state index in [9.17, 15) is 9.90 Å². The third-order valence-corrected chi connectivity index (χ3v) is 6.75. The number of hydrogen-bond acceptors (Lipinski definition) is 6. The van der Waals surface area contributed by atoms with Crippen LogP contribution in [0.25, 0.3) is 33.1 Å². The number of benzene rings is 3. The molecule has 0 aliphatic rings. The number of aromatic nitrogens is 3. The van der Waals surface area contributed by atoms with Crippen LogP contribution in [0.15, 0.2) is 60.7 Å². The lowest BCUT2D eigenvalue weighted by atomic mass is 10.0. The number of ether oxygens (including phenoxy) is 1. The number of carbonyl (C=O) groups is 1. The molecule has 0 atom stereocenters. The van der Waals surface area contributed by atoms with Gasteiger partial charge in [-0.2, -0.15) is 8.75 Å². The average molecular weight is 487 g/mol. The lowest BCUT2D eigenvalue weighted by Crippen LogP contribution is -2.11. The Morgan fingerprint density at radius 3 is 2.71 bits per heavy atom. The van der Waals surface area contributed by atoms with E-state index in [0.29, 0.717) is 12.1 Å². The van der Waals surface area contributed by atoms with Gasteiger partial charge in [0, 0.05) is 34.3 Å². The van der Waals surface area contributed by atoms with Gasteiger partial charge in [-0.3, -0.25) is 0 Å². The number of nitrogens with one attached hydrogen (secondary N) is 1. The average Bonchev–Trinajstić information content (AvgIpc) is 3.46. The Labute approximate surface area is 207 Å². The molecule has 0 saturated heterocycles. The monoisotopic (exact) mass is 486 g/mol. The van der Waals surface area contributed by atoms with Crippen molar-refractivity contribution in [2.45, 2.75) is 26.3 Å². The van der Waals surface area contributed by atoms with Gasteiger partial charge in [0.1, 0.15) is 22.5 Å². The number of aromatic carboxylic acids is 1. The number of rotatable bonds is 9. The fourth-order valence-electron chi connectivity index (χ4n) is 4.49. The van der Waals surface area contributed by atoms with Gasteiger partial charge in [0.05, 0.1) is 25.4 Å². The molecular formula is C27H26N4O3S. The van der Waals surface area contributed by atoms with Crippen LogP contribution in [0.1, 0.15) is 35.8 Å². The number of nitrogens with zero attached hydrogens (tertiary/aromatic N) is 3. The second-order valence-corrected chi connectivity index (χ2v) is 8.94. The number of carboxylic acid groups (broad SMARTS) is 1. The zero-order valence-corrected chi connectivity index (χ0v) is 20.4. The molecule has 0 saturated carbocycles. The maximum atomic E-state index is 12.7. The van der Waals surface area contributed by atoms with Crippen molar-refractivity contribution in [3.63, 3.8) is 0 Å². The molecule has 0 unspecified atom stereocenters. The predicted molar refractivity (Wildman–Crippen MR) is 141 cm³/mol. The van der Waals surface area contributed by atoms with E-state index in [1.807, 2.05) is 59.2 Å². The highest BCUT2D eigenvalue weighted by Crippen LogP contribution is 2.38. The van der Waals surface area contributed by atoms with Crippen LogP contribution >= 0.6 is 11.7 Å². The van der Waals surface area contributed by atoms with E-state index < -0.39 is 5.97 Å². The molecule has 2 heterocycles. The summed E-state index contributed by atoms with van der Waals surface area (Å²) >= 11 is 1.15. The van der Waals surface area contributed by atoms with Crippen LogP contribution in [-0.4, -0.2) is 38.0 Å². The maximum absolute atomic E-state index is 12.7. The molecule has 8 heteroatoms. The number of fused-ring (bicyclic) bond motifs is 2. The van der Waals surface area contributed by atoms with E-state index in [2.05, 4.69) is 27.1 Å². The Bertz CT molecular complexity index is 1520. The summed E-state index contributed by atoms with van der Waals surface area (Å²) in [5.41, 5.74) is 6.00. The van der Waals surface area contributed by atoms with Crippen LogP contribution in [-0.2, 0) is 6.54 Å². The van der Waals surface area contributed by atoms with Crippen molar-refractivity contribution in [3.05, 3.63) is 71.9 Å². The molecule has 0 radical (unpaired) electrons. The summed E-state index contributed by atoms with van der Waals surface area (Å²) in [4.78, 5) is 12.7. The topological polar surface area (TPSA) is 89.3 Å². The van der Waals surface area contributed by atoms with Crippen molar-refractivity contribution in [2.24, 2.45) is 0 Å². The molecule has 7 nitrogen and oxygen atoms in total. The van der Waals surface area contributed by atoms with Gasteiger partial charge in [0.25, 0.3) is 0 Å². The SMILES string of the molecule is CCCCNc1ccc2c(c1)c(-c1ccc3nsnc3c1)c(C(=O)O)n2Cc1ccccc1OC. The molecular weight excluding hydrogens is 460 g/mol. The Morgan fingerprint density at radius 1 is 1.09 bits per heavy atom. The number of unbranched alkanes of at least 4 members (excludes halogenated alkanes) is 1. The predicted octanol–water partition coefficient (Wildman–Crippen LogP) is 6.28. The van der Waals surface area contributed by atoms with Gasteiger partial charge >= 0.3 is 5.97 Å².